The molecule has 0 aliphatic carbocycles. The molecular formula is C22H25N3O6S2. The minimum absolute atomic E-state index is 0.111. The molecule has 176 valence electrons. The molecule has 9 nitrogen and oxygen atoms in total. The van der Waals surface area contributed by atoms with Crippen molar-refractivity contribution >= 4 is 55.7 Å². The minimum Gasteiger partial charge on any atom is -0.462 e. The quantitative estimate of drug-likeness (QED) is 0.498. The Balaban J connectivity index is 2.01. The van der Waals surface area contributed by atoms with Gasteiger partial charge in [-0.05, 0) is 37.8 Å². The number of anilines is 1. The maximum Gasteiger partial charge on any atom is 0.348 e. The maximum atomic E-state index is 13.1. The van der Waals surface area contributed by atoms with E-state index < -0.39 is 17.8 Å². The first-order valence-corrected chi connectivity index (χ1v) is 11.9. The highest BCUT2D eigenvalue weighted by Gasteiger charge is 2.29. The van der Waals surface area contributed by atoms with Crippen molar-refractivity contribution in [1.82, 2.24) is 9.55 Å². The Bertz CT molecular complexity index is 1300. The molecule has 0 radical (unpaired) electrons. The molecule has 0 aliphatic rings. The topological polar surface area (TPSA) is 117 Å². The van der Waals surface area contributed by atoms with Gasteiger partial charge in [-0.15, -0.1) is 22.7 Å². The summed E-state index contributed by atoms with van der Waals surface area (Å²) < 4.78 is 11.8. The third kappa shape index (κ3) is 4.83. The molecule has 1 N–H and O–H groups in total. The van der Waals surface area contributed by atoms with Crippen LogP contribution < -0.4 is 10.9 Å². The van der Waals surface area contributed by atoms with Crippen molar-refractivity contribution in [2.45, 2.75) is 34.6 Å². The van der Waals surface area contributed by atoms with E-state index in [1.807, 2.05) is 13.8 Å². The van der Waals surface area contributed by atoms with Crippen molar-refractivity contribution in [1.29, 1.82) is 0 Å². The van der Waals surface area contributed by atoms with Gasteiger partial charge in [-0.3, -0.25) is 9.59 Å². The lowest BCUT2D eigenvalue weighted by molar-refractivity contribution is 0.0464. The first-order chi connectivity index (χ1) is 15.6. The van der Waals surface area contributed by atoms with Crippen LogP contribution in [0.25, 0.3) is 10.2 Å². The van der Waals surface area contributed by atoms with E-state index in [0.29, 0.717) is 26.2 Å². The smallest absolute Gasteiger partial charge is 0.348 e. The molecule has 1 amide bonds. The Morgan fingerprint density at radius 3 is 2.42 bits per heavy atom. The number of aromatic nitrogens is 2. The number of aryl methyl sites for hydroxylation is 2. The number of rotatable bonds is 7. The first kappa shape index (κ1) is 24.6. The first-order valence-electron chi connectivity index (χ1n) is 10.3. The van der Waals surface area contributed by atoms with Gasteiger partial charge in [-0.2, -0.15) is 0 Å². The average molecular weight is 492 g/mol. The van der Waals surface area contributed by atoms with Gasteiger partial charge >= 0.3 is 11.9 Å². The van der Waals surface area contributed by atoms with E-state index in [1.54, 1.807) is 27.8 Å². The lowest BCUT2D eigenvalue weighted by Crippen LogP contribution is -2.17. The zero-order valence-electron chi connectivity index (χ0n) is 19.2. The van der Waals surface area contributed by atoms with Crippen molar-refractivity contribution in [3.05, 3.63) is 43.1 Å². The minimum atomic E-state index is -0.645. The fourth-order valence-electron chi connectivity index (χ4n) is 3.14. The SMILES string of the molecule is CCOC(=O)c1c(NC(=O)c2sc3ncn(C)c(=O)c3c2C)sc(C(=O)OCC(C)C)c1C. The highest BCUT2D eigenvalue weighted by molar-refractivity contribution is 7.21. The van der Waals surface area contributed by atoms with Gasteiger partial charge in [0.05, 0.1) is 35.4 Å². The largest absolute Gasteiger partial charge is 0.462 e. The van der Waals surface area contributed by atoms with Crippen molar-refractivity contribution in [3.8, 4) is 0 Å². The Kier molecular flexibility index (Phi) is 7.33. The Morgan fingerprint density at radius 2 is 1.79 bits per heavy atom. The second-order valence-electron chi connectivity index (χ2n) is 7.82. The van der Waals surface area contributed by atoms with Crippen LogP contribution in [0.3, 0.4) is 0 Å². The van der Waals surface area contributed by atoms with Gasteiger partial charge in [0, 0.05) is 7.05 Å². The van der Waals surface area contributed by atoms with Crippen LogP contribution in [0.15, 0.2) is 11.1 Å². The summed E-state index contributed by atoms with van der Waals surface area (Å²) in [6.07, 6.45) is 1.40. The second-order valence-corrected chi connectivity index (χ2v) is 9.84. The van der Waals surface area contributed by atoms with Gasteiger partial charge in [0.15, 0.2) is 0 Å². The Hall–Kier alpha value is -3.05. The van der Waals surface area contributed by atoms with Crippen molar-refractivity contribution < 1.29 is 23.9 Å². The molecule has 0 atom stereocenters. The number of carbonyl (C=O) groups excluding carboxylic acids is 3. The van der Waals surface area contributed by atoms with Crippen LogP contribution in [0.2, 0.25) is 0 Å². The summed E-state index contributed by atoms with van der Waals surface area (Å²) in [6.45, 7) is 9.16. The molecular weight excluding hydrogens is 466 g/mol. The van der Waals surface area contributed by atoms with Gasteiger partial charge in [-0.25, -0.2) is 14.6 Å². The fraction of sp³-hybridized carbons (Fsp3) is 0.409. The average Bonchev–Trinajstić information content (AvgIpc) is 3.26. The predicted molar refractivity (Wildman–Crippen MR) is 128 cm³/mol. The third-order valence-corrected chi connectivity index (χ3v) is 7.19. The van der Waals surface area contributed by atoms with Crippen LogP contribution in [0.4, 0.5) is 5.00 Å². The van der Waals surface area contributed by atoms with Crippen LogP contribution in [0.5, 0.6) is 0 Å². The number of carbonyl (C=O) groups is 3. The highest BCUT2D eigenvalue weighted by Crippen LogP contribution is 2.36. The van der Waals surface area contributed by atoms with E-state index in [0.717, 1.165) is 22.7 Å². The zero-order chi connectivity index (χ0) is 24.4. The summed E-state index contributed by atoms with van der Waals surface area (Å²) in [4.78, 5) is 56.0. The third-order valence-electron chi connectivity index (χ3n) is 4.80. The number of ether oxygens (including phenoxy) is 2. The number of amides is 1. The molecule has 33 heavy (non-hydrogen) atoms. The second kappa shape index (κ2) is 9.84. The number of hydrogen-bond acceptors (Lipinski definition) is 9. The molecule has 0 bridgehead atoms. The van der Waals surface area contributed by atoms with Gasteiger partial charge in [0.1, 0.15) is 14.7 Å². The van der Waals surface area contributed by atoms with E-state index in [2.05, 4.69) is 10.3 Å². The summed E-state index contributed by atoms with van der Waals surface area (Å²) in [5, 5.41) is 3.29. The molecule has 11 heteroatoms. The van der Waals surface area contributed by atoms with Crippen LogP contribution in [0, 0.1) is 19.8 Å². The Morgan fingerprint density at radius 1 is 1.09 bits per heavy atom. The molecule has 0 aromatic carbocycles. The van der Waals surface area contributed by atoms with Crippen molar-refractivity contribution in [2.75, 3.05) is 18.5 Å². The fourth-order valence-corrected chi connectivity index (χ4v) is 5.26. The normalized spacial score (nSPS) is 11.1. The van der Waals surface area contributed by atoms with Gasteiger partial charge in [0.2, 0.25) is 0 Å². The van der Waals surface area contributed by atoms with Crippen LogP contribution in [-0.2, 0) is 16.5 Å². The molecule has 3 rings (SSSR count). The summed E-state index contributed by atoms with van der Waals surface area (Å²) in [5.41, 5.74) is 0.747. The Labute approximate surface area is 198 Å². The number of nitrogens with zero attached hydrogens (tertiary/aromatic N) is 2. The molecule has 0 spiro atoms. The van der Waals surface area contributed by atoms with Crippen LogP contribution in [-0.4, -0.2) is 40.6 Å². The highest BCUT2D eigenvalue weighted by atomic mass is 32.1. The van der Waals surface area contributed by atoms with E-state index in [1.165, 1.54) is 10.9 Å². The molecule has 0 unspecified atom stereocenters. The standard InChI is InChI=1S/C22H25N3O6S2/c1-7-30-21(28)14-12(5)16(22(29)31-8-10(2)3)33-19(14)24-17(26)15-11(4)13-18(32-15)23-9-25(6)20(13)27/h9-10H,7-8H2,1-6H3,(H,24,26). The summed E-state index contributed by atoms with van der Waals surface area (Å²) >= 11 is 2.04. The molecule has 0 saturated carbocycles. The van der Waals surface area contributed by atoms with Crippen LogP contribution in [0.1, 0.15) is 61.6 Å². The van der Waals surface area contributed by atoms with Gasteiger partial charge < -0.3 is 19.4 Å². The summed E-state index contributed by atoms with van der Waals surface area (Å²) in [6, 6.07) is 0. The van der Waals surface area contributed by atoms with Gasteiger partial charge in [-0.1, -0.05) is 13.8 Å². The summed E-state index contributed by atoms with van der Waals surface area (Å²) in [5.74, 6) is -1.57. The van der Waals surface area contributed by atoms with Crippen molar-refractivity contribution in [2.24, 2.45) is 13.0 Å². The molecule has 0 saturated heterocycles. The van der Waals surface area contributed by atoms with E-state index in [4.69, 9.17) is 9.47 Å². The lowest BCUT2D eigenvalue weighted by Gasteiger charge is -2.07. The van der Waals surface area contributed by atoms with E-state index >= 15 is 0 Å². The van der Waals surface area contributed by atoms with E-state index in [-0.39, 0.29) is 40.1 Å². The van der Waals surface area contributed by atoms with Crippen molar-refractivity contribution in [3.63, 3.8) is 0 Å². The van der Waals surface area contributed by atoms with E-state index in [9.17, 15) is 19.2 Å². The van der Waals surface area contributed by atoms with Crippen LogP contribution >= 0.6 is 22.7 Å². The number of nitrogens with one attached hydrogen (secondary N) is 1. The maximum absolute atomic E-state index is 13.1. The summed E-state index contributed by atoms with van der Waals surface area (Å²) in [7, 11) is 1.59. The van der Waals surface area contributed by atoms with Gasteiger partial charge in [0.25, 0.3) is 11.5 Å². The zero-order valence-corrected chi connectivity index (χ0v) is 20.9. The number of thiophene rings is 2. The molecule has 3 heterocycles. The number of esters is 2. The lowest BCUT2D eigenvalue weighted by atomic mass is 10.1. The molecule has 0 fully saturated rings. The predicted octanol–water partition coefficient (Wildman–Crippen LogP) is 3.92. The number of fused-ring (bicyclic) bond motifs is 1. The molecule has 0 aliphatic heterocycles. The number of hydrogen-bond donors (Lipinski definition) is 1. The monoisotopic (exact) mass is 491 g/mol. The molecule has 3 aromatic heterocycles. The molecule has 3 aromatic rings.